The number of rotatable bonds is 4. The molecule has 26 heavy (non-hydrogen) atoms. The van der Waals surface area contributed by atoms with Gasteiger partial charge in [-0.1, -0.05) is 11.6 Å². The van der Waals surface area contributed by atoms with Crippen molar-refractivity contribution in [1.82, 2.24) is 10.3 Å². The van der Waals surface area contributed by atoms with Crippen LogP contribution in [-0.2, 0) is 4.74 Å². The van der Waals surface area contributed by atoms with Crippen molar-refractivity contribution in [2.24, 2.45) is 0 Å². The van der Waals surface area contributed by atoms with Gasteiger partial charge < -0.3 is 15.4 Å². The maximum Gasteiger partial charge on any atom is 0.349 e. The number of methoxy groups -OCH3 is 1. The third kappa shape index (κ3) is 3.95. The van der Waals surface area contributed by atoms with Gasteiger partial charge in [-0.15, -0.1) is 11.3 Å². The van der Waals surface area contributed by atoms with E-state index in [0.29, 0.717) is 15.0 Å². The number of aromatic nitrogens is 1. The van der Waals surface area contributed by atoms with E-state index in [2.05, 4.69) is 15.6 Å². The molecule has 0 aliphatic rings. The average molecular weight is 406 g/mol. The minimum absolute atomic E-state index is 0.0452. The van der Waals surface area contributed by atoms with Crippen LogP contribution in [0.2, 0.25) is 5.02 Å². The Labute approximate surface area is 165 Å². The first kappa shape index (κ1) is 18.6. The zero-order chi connectivity index (χ0) is 18.7. The van der Waals surface area contributed by atoms with E-state index >= 15 is 0 Å². The molecule has 0 saturated heterocycles. The topological polar surface area (TPSA) is 63.2 Å². The largest absolute Gasteiger partial charge is 0.465 e. The number of hydrogen-bond acceptors (Lipinski definition) is 5. The lowest BCUT2D eigenvalue weighted by atomic mass is 10.1. The molecule has 2 heterocycles. The molecule has 0 aliphatic carbocycles. The molecular weight excluding hydrogens is 390 g/mol. The SMILES string of the molecule is COC(=O)c1sc2cc(NC(=S)NC(C)c3ccncc3)ccc2c1Cl. The fourth-order valence-electron chi connectivity index (χ4n) is 2.47. The van der Waals surface area contributed by atoms with Crippen LogP contribution in [0.15, 0.2) is 42.7 Å². The number of nitrogens with zero attached hydrogens (tertiary/aromatic N) is 1. The van der Waals surface area contributed by atoms with Gasteiger partial charge in [-0.2, -0.15) is 0 Å². The van der Waals surface area contributed by atoms with Crippen LogP contribution in [0.3, 0.4) is 0 Å². The highest BCUT2D eigenvalue weighted by atomic mass is 35.5. The summed E-state index contributed by atoms with van der Waals surface area (Å²) in [6.45, 7) is 2.02. The molecule has 0 amide bonds. The van der Waals surface area contributed by atoms with Crippen molar-refractivity contribution < 1.29 is 9.53 Å². The van der Waals surface area contributed by atoms with Gasteiger partial charge in [0.2, 0.25) is 0 Å². The third-order valence-electron chi connectivity index (χ3n) is 3.81. The molecule has 2 N–H and O–H groups in total. The third-order valence-corrected chi connectivity index (χ3v) is 5.67. The number of ether oxygens (including phenoxy) is 1. The molecule has 0 fully saturated rings. The highest BCUT2D eigenvalue weighted by Gasteiger charge is 2.18. The fourth-order valence-corrected chi connectivity index (χ4v) is 4.23. The van der Waals surface area contributed by atoms with E-state index in [4.69, 9.17) is 28.6 Å². The van der Waals surface area contributed by atoms with Gasteiger partial charge in [-0.05, 0) is 55.0 Å². The summed E-state index contributed by atoms with van der Waals surface area (Å²) in [4.78, 5) is 16.2. The van der Waals surface area contributed by atoms with Crippen molar-refractivity contribution in [1.29, 1.82) is 0 Å². The van der Waals surface area contributed by atoms with Crippen LogP contribution in [0.25, 0.3) is 10.1 Å². The normalized spacial score (nSPS) is 11.8. The summed E-state index contributed by atoms with van der Waals surface area (Å²) in [6, 6.07) is 9.56. The first-order valence-electron chi connectivity index (χ1n) is 7.77. The Morgan fingerprint density at radius 1 is 1.31 bits per heavy atom. The summed E-state index contributed by atoms with van der Waals surface area (Å²) < 4.78 is 5.64. The zero-order valence-electron chi connectivity index (χ0n) is 14.1. The fraction of sp³-hybridized carbons (Fsp3) is 0.167. The molecule has 1 unspecified atom stereocenters. The van der Waals surface area contributed by atoms with Gasteiger partial charge in [-0.3, -0.25) is 4.98 Å². The summed E-state index contributed by atoms with van der Waals surface area (Å²) in [6.07, 6.45) is 3.49. The van der Waals surface area contributed by atoms with E-state index in [9.17, 15) is 4.79 Å². The maximum absolute atomic E-state index is 11.8. The van der Waals surface area contributed by atoms with Crippen molar-refractivity contribution >= 4 is 62.0 Å². The molecule has 3 aromatic rings. The van der Waals surface area contributed by atoms with Crippen molar-refractivity contribution in [3.63, 3.8) is 0 Å². The van der Waals surface area contributed by atoms with Gasteiger partial charge in [0.05, 0.1) is 18.2 Å². The lowest BCUT2D eigenvalue weighted by Gasteiger charge is -2.17. The maximum atomic E-state index is 11.8. The Kier molecular flexibility index (Phi) is 5.70. The number of carbonyl (C=O) groups is 1. The predicted molar refractivity (Wildman–Crippen MR) is 110 cm³/mol. The molecule has 1 atom stereocenters. The zero-order valence-corrected chi connectivity index (χ0v) is 16.5. The van der Waals surface area contributed by atoms with Crippen LogP contribution in [0.5, 0.6) is 0 Å². The molecule has 134 valence electrons. The number of esters is 1. The Hall–Kier alpha value is -2.22. The van der Waals surface area contributed by atoms with E-state index in [0.717, 1.165) is 21.3 Å². The molecule has 0 radical (unpaired) electrons. The minimum atomic E-state index is -0.436. The van der Waals surface area contributed by atoms with E-state index in [1.165, 1.54) is 18.4 Å². The number of benzene rings is 1. The average Bonchev–Trinajstić information content (AvgIpc) is 2.97. The summed E-state index contributed by atoms with van der Waals surface area (Å²) in [7, 11) is 1.34. The van der Waals surface area contributed by atoms with Crippen molar-refractivity contribution in [2.45, 2.75) is 13.0 Å². The van der Waals surface area contributed by atoms with Crippen molar-refractivity contribution in [2.75, 3.05) is 12.4 Å². The molecule has 3 rings (SSSR count). The second-order valence-electron chi connectivity index (χ2n) is 5.55. The highest BCUT2D eigenvalue weighted by molar-refractivity contribution is 7.80. The Bertz CT molecular complexity index is 960. The molecule has 1 aromatic carbocycles. The van der Waals surface area contributed by atoms with Gasteiger partial charge >= 0.3 is 5.97 Å². The lowest BCUT2D eigenvalue weighted by molar-refractivity contribution is 0.0606. The summed E-state index contributed by atoms with van der Waals surface area (Å²) in [5.74, 6) is -0.436. The summed E-state index contributed by atoms with van der Waals surface area (Å²) in [5, 5.41) is 8.12. The van der Waals surface area contributed by atoms with Crippen LogP contribution >= 0.6 is 35.2 Å². The standard InChI is InChI=1S/C18H16ClN3O2S2/c1-10(11-5-7-20-8-6-11)21-18(25)22-12-3-4-13-14(9-12)26-16(15(13)19)17(23)24-2/h3-10H,1-2H3,(H2,21,22,25). The number of hydrogen-bond donors (Lipinski definition) is 2. The number of thiocarbonyl (C=S) groups is 1. The number of anilines is 1. The van der Waals surface area contributed by atoms with Crippen LogP contribution in [-0.4, -0.2) is 23.2 Å². The molecule has 0 spiro atoms. The van der Waals surface area contributed by atoms with E-state index in [1.807, 2.05) is 37.3 Å². The Morgan fingerprint density at radius 3 is 2.73 bits per heavy atom. The lowest BCUT2D eigenvalue weighted by Crippen LogP contribution is -2.30. The minimum Gasteiger partial charge on any atom is -0.465 e. The molecule has 0 aliphatic heterocycles. The van der Waals surface area contributed by atoms with Crippen molar-refractivity contribution in [3.05, 3.63) is 58.2 Å². The number of thiophene rings is 1. The van der Waals surface area contributed by atoms with Gasteiger partial charge in [-0.25, -0.2) is 4.79 Å². The Balaban J connectivity index is 1.74. The number of pyridine rings is 1. The predicted octanol–water partition coefficient (Wildman–Crippen LogP) is 4.78. The first-order valence-corrected chi connectivity index (χ1v) is 9.37. The molecule has 8 heteroatoms. The first-order chi connectivity index (χ1) is 12.5. The molecule has 5 nitrogen and oxygen atoms in total. The number of carbonyl (C=O) groups excluding carboxylic acids is 1. The molecule has 2 aromatic heterocycles. The summed E-state index contributed by atoms with van der Waals surface area (Å²) in [5.41, 5.74) is 1.90. The van der Waals surface area contributed by atoms with E-state index in [-0.39, 0.29) is 6.04 Å². The quantitative estimate of drug-likeness (QED) is 0.481. The second-order valence-corrected chi connectivity index (χ2v) is 7.39. The molecule has 0 bridgehead atoms. The van der Waals surface area contributed by atoms with Gasteiger partial charge in [0.15, 0.2) is 5.11 Å². The highest BCUT2D eigenvalue weighted by Crippen LogP contribution is 2.37. The van der Waals surface area contributed by atoms with E-state index in [1.54, 1.807) is 12.4 Å². The molecule has 0 saturated carbocycles. The monoisotopic (exact) mass is 405 g/mol. The molecular formula is C18H16ClN3O2S2. The van der Waals surface area contributed by atoms with Crippen LogP contribution in [0.1, 0.15) is 28.2 Å². The van der Waals surface area contributed by atoms with Gasteiger partial charge in [0.25, 0.3) is 0 Å². The Morgan fingerprint density at radius 2 is 2.04 bits per heavy atom. The smallest absolute Gasteiger partial charge is 0.349 e. The second kappa shape index (κ2) is 7.99. The van der Waals surface area contributed by atoms with Crippen LogP contribution < -0.4 is 10.6 Å². The van der Waals surface area contributed by atoms with Crippen molar-refractivity contribution in [3.8, 4) is 0 Å². The van der Waals surface area contributed by atoms with Gasteiger partial charge in [0.1, 0.15) is 4.88 Å². The van der Waals surface area contributed by atoms with Crippen LogP contribution in [0, 0.1) is 0 Å². The summed E-state index contributed by atoms with van der Waals surface area (Å²) >= 11 is 13.0. The number of halogens is 1. The van der Waals surface area contributed by atoms with Crippen LogP contribution in [0.4, 0.5) is 5.69 Å². The number of fused-ring (bicyclic) bond motifs is 1. The van der Waals surface area contributed by atoms with Gasteiger partial charge in [0, 0.05) is 28.2 Å². The number of nitrogens with one attached hydrogen (secondary N) is 2. The van der Waals surface area contributed by atoms with E-state index < -0.39 is 5.97 Å².